The first-order valence-corrected chi connectivity index (χ1v) is 31.5. The number of allylic oxidation sites excluding steroid dienone is 1. The normalized spacial score (nSPS) is 40.2. The molecule has 15 nitrogen and oxygen atoms in total. The molecule has 12 aliphatic carbocycles. The van der Waals surface area contributed by atoms with E-state index in [0.29, 0.717) is 71.1 Å². The monoisotopic (exact) mass is 1130 g/mol. The Labute approximate surface area is 485 Å². The summed E-state index contributed by atoms with van der Waals surface area (Å²) in [5.41, 5.74) is 2.19. The minimum Gasteiger partial charge on any atom is -0.507 e. The summed E-state index contributed by atoms with van der Waals surface area (Å²) in [6, 6.07) is 6.31. The van der Waals surface area contributed by atoms with Gasteiger partial charge < -0.3 is 55.4 Å². The van der Waals surface area contributed by atoms with E-state index in [1.54, 1.807) is 37.4 Å². The molecule has 14 unspecified atom stereocenters. The van der Waals surface area contributed by atoms with Crippen molar-refractivity contribution in [1.29, 1.82) is 0 Å². The van der Waals surface area contributed by atoms with E-state index in [1.807, 2.05) is 6.33 Å². The van der Waals surface area contributed by atoms with Crippen molar-refractivity contribution in [2.24, 2.45) is 38.9 Å². The van der Waals surface area contributed by atoms with Crippen LogP contribution in [0.4, 0.5) is 5.82 Å². The van der Waals surface area contributed by atoms with Gasteiger partial charge in [-0.1, -0.05) is 55.7 Å². The number of nitrogens with one attached hydrogen (secondary N) is 3. The van der Waals surface area contributed by atoms with Crippen molar-refractivity contribution >= 4 is 39.8 Å². The third-order valence-corrected chi connectivity index (χ3v) is 25.8. The van der Waals surface area contributed by atoms with Crippen LogP contribution in [0.1, 0.15) is 193 Å². The second-order valence-corrected chi connectivity index (χ2v) is 29.1. The number of pyridine rings is 1. The molecule has 5 aromatic rings. The molecule has 7 heterocycles. The number of nitrogens with zero attached hydrogens (tertiary/aromatic N) is 2. The number of imidazole rings is 1. The highest BCUT2D eigenvalue weighted by molar-refractivity contribution is 6.34. The number of ketones is 2. The van der Waals surface area contributed by atoms with Crippen molar-refractivity contribution in [2.45, 2.75) is 182 Å². The summed E-state index contributed by atoms with van der Waals surface area (Å²) in [7, 11) is 0. The first kappa shape index (κ1) is 49.8. The highest BCUT2D eigenvalue weighted by Crippen LogP contribution is 2.79. The zero-order valence-corrected chi connectivity index (χ0v) is 47.2. The van der Waals surface area contributed by atoms with Crippen LogP contribution in [0.15, 0.2) is 60.1 Å². The second kappa shape index (κ2) is 15.8. The van der Waals surface area contributed by atoms with Crippen LogP contribution >= 0.6 is 0 Å². The minimum absolute atomic E-state index is 0.00996. The number of phenolic OH excluding ortho intramolecular Hbond substituents is 1. The molecule has 9 N–H and O–H groups in total. The Balaban J connectivity index is 0.981. The molecular formula is C69H69N5O10. The van der Waals surface area contributed by atoms with E-state index < -0.39 is 81.1 Å². The minimum atomic E-state index is -2.49. The zero-order valence-electron chi connectivity index (χ0n) is 47.2. The van der Waals surface area contributed by atoms with Crippen LogP contribution in [-0.2, 0) is 16.6 Å². The van der Waals surface area contributed by atoms with Crippen LogP contribution in [0.25, 0.3) is 22.4 Å². The molecule has 0 radical (unpaired) electrons. The quantitative estimate of drug-likeness (QED) is 0.0647. The summed E-state index contributed by atoms with van der Waals surface area (Å²) in [5, 5.41) is 85.2. The lowest BCUT2D eigenvalue weighted by Gasteiger charge is -2.64. The third-order valence-electron chi connectivity index (χ3n) is 25.8. The Morgan fingerprint density at radius 2 is 1.67 bits per heavy atom. The van der Waals surface area contributed by atoms with Gasteiger partial charge in [0, 0.05) is 86.3 Å². The van der Waals surface area contributed by atoms with E-state index in [9.17, 15) is 30.6 Å². The maximum Gasteiger partial charge on any atom is 0.261 e. The molecule has 0 amide bonds. The fourth-order valence-electron chi connectivity index (χ4n) is 22.8. The molecule has 21 rings (SSSR count). The number of aromatic amines is 2. The number of aromatic hydroxyl groups is 1. The van der Waals surface area contributed by atoms with Crippen molar-refractivity contribution in [3.63, 3.8) is 0 Å². The Kier molecular flexibility index (Phi) is 9.36. The molecule has 4 aliphatic heterocycles. The number of aryl methyl sites for hydroxylation is 2. The molecule has 8 spiro atoms. The van der Waals surface area contributed by atoms with Crippen molar-refractivity contribution in [2.75, 3.05) is 11.9 Å². The summed E-state index contributed by atoms with van der Waals surface area (Å²) in [6.45, 7) is 1.72. The zero-order chi connectivity index (χ0) is 56.6. The number of H-pyrrole nitrogens is 2. The van der Waals surface area contributed by atoms with E-state index in [2.05, 4.69) is 39.3 Å². The van der Waals surface area contributed by atoms with Crippen LogP contribution in [0.5, 0.6) is 11.5 Å². The number of carbonyl (C=O) groups is 2. The number of benzene rings is 2. The lowest BCUT2D eigenvalue weighted by molar-refractivity contribution is -0.366. The summed E-state index contributed by atoms with van der Waals surface area (Å²) >= 11 is 0. The predicted molar refractivity (Wildman–Crippen MR) is 308 cm³/mol. The summed E-state index contributed by atoms with van der Waals surface area (Å²) in [4.78, 5) is 49.1. The molecule has 6 fully saturated rings. The number of aliphatic hydroxyl groups is 5. The van der Waals surface area contributed by atoms with Gasteiger partial charge in [-0.05, 0) is 160 Å². The summed E-state index contributed by atoms with van der Waals surface area (Å²) in [6.07, 6.45) is 17.7. The van der Waals surface area contributed by atoms with Gasteiger partial charge in [0.2, 0.25) is 5.78 Å². The van der Waals surface area contributed by atoms with Crippen molar-refractivity contribution in [3.8, 4) is 23.3 Å². The molecule has 1 saturated heterocycles. The van der Waals surface area contributed by atoms with E-state index in [1.165, 1.54) is 6.07 Å². The van der Waals surface area contributed by atoms with Gasteiger partial charge in [0.1, 0.15) is 29.5 Å². The molecule has 15 heteroatoms. The SMILES string of the molecule is Cc1cc(O)c2c(c1)C(=O)c1c(c3cc4c(nccc14)NCC(O)C14CC5(CCCC5)C5C#CCC67C=Cc8c([nH]c(c8C51)C1=CC5(O3)OC3(C1=C4CC1(CCC4(CCCC4)C1)C3O)C(O)C(O)C5O)C61c3nc[nH]c3CCC1CCC7)C2=O. The molecule has 84 heavy (non-hydrogen) atoms. The molecule has 2 aromatic carbocycles. The number of fused-ring (bicyclic) bond motifs is 7. The first-order valence-electron chi connectivity index (χ1n) is 31.5. The van der Waals surface area contributed by atoms with Gasteiger partial charge in [0.05, 0.1) is 46.5 Å². The smallest absolute Gasteiger partial charge is 0.261 e. The highest BCUT2D eigenvalue weighted by Gasteiger charge is 2.79. The van der Waals surface area contributed by atoms with Crippen molar-refractivity contribution in [3.05, 3.63) is 122 Å². The molecule has 16 aliphatic rings. The number of aromatic nitrogens is 4. The van der Waals surface area contributed by atoms with E-state index >= 15 is 9.59 Å². The molecular weight excluding hydrogens is 1060 g/mol. The number of aliphatic hydroxyl groups excluding tert-OH is 5. The van der Waals surface area contributed by atoms with Crippen LogP contribution in [0, 0.1) is 57.7 Å². The van der Waals surface area contributed by atoms with E-state index in [0.717, 1.165) is 124 Å². The molecule has 12 bridgehead atoms. The Morgan fingerprint density at radius 1 is 0.833 bits per heavy atom. The lowest BCUT2D eigenvalue weighted by Crippen LogP contribution is -2.79. The number of phenols is 1. The number of carbonyl (C=O) groups excluding carboxylic acids is 2. The van der Waals surface area contributed by atoms with Crippen molar-refractivity contribution < 1.29 is 49.7 Å². The molecule has 430 valence electrons. The van der Waals surface area contributed by atoms with E-state index in [-0.39, 0.29) is 63.0 Å². The maximum absolute atomic E-state index is 15.6. The topological polar surface area (TPSA) is 243 Å². The number of rotatable bonds is 0. The number of anilines is 1. The van der Waals surface area contributed by atoms with Gasteiger partial charge in [-0.3, -0.25) is 9.59 Å². The van der Waals surface area contributed by atoms with Crippen LogP contribution in [0.3, 0.4) is 0 Å². The van der Waals surface area contributed by atoms with Gasteiger partial charge in [0.15, 0.2) is 17.5 Å². The van der Waals surface area contributed by atoms with Crippen LogP contribution in [-0.4, -0.2) is 111 Å². The highest BCUT2D eigenvalue weighted by atomic mass is 16.7. The molecule has 14 atom stereocenters. The average Bonchev–Trinajstić information content (AvgIpc) is 1.51. The Hall–Kier alpha value is -6.38. The van der Waals surface area contributed by atoms with Gasteiger partial charge >= 0.3 is 0 Å². The lowest BCUT2D eigenvalue weighted by atomic mass is 9.43. The number of ether oxygens (including phenoxy) is 2. The Bertz CT molecular complexity index is 4090. The van der Waals surface area contributed by atoms with E-state index in [4.69, 9.17) is 19.4 Å². The van der Waals surface area contributed by atoms with Crippen LogP contribution < -0.4 is 10.1 Å². The Morgan fingerprint density at radius 3 is 2.51 bits per heavy atom. The fraction of sp³-hybridized carbons (Fsp3) is 0.536. The average molecular weight is 1130 g/mol. The van der Waals surface area contributed by atoms with Gasteiger partial charge in [-0.15, -0.1) is 5.92 Å². The van der Waals surface area contributed by atoms with Gasteiger partial charge in [-0.2, -0.15) is 0 Å². The first-order chi connectivity index (χ1) is 40.6. The largest absolute Gasteiger partial charge is 0.507 e. The standard InChI is InChI=1S/C69H69N5O10/c1-33-24-38-46(43(75)25-33)54(78)49-44-26-37-35(47(49)53(38)77)13-23-70-60(37)71-29-45(76)66-31-63(16-4-5-17-63)40-9-7-19-65-18-6-8-34-10-11-42-57(73-32-72-42)68(34,65)56-36(12-20-65)48(51(40)66)52(74-56)39-27-67(83-44)58(80)55(79)59(81)69(84-67)50(39)41(66)28-64(61(69)82)22-21-62(30-64)14-2-3-15-62/h12-13,20,23-27,32,34,40,45,51,55,58-59,61,74-76,79-82H,2-6,8,10-11,14-19,21-22,28-31H2,1H3,(H,70,71)(H,72,73). The third kappa shape index (κ3) is 5.42. The van der Waals surface area contributed by atoms with Gasteiger partial charge in [-0.25, -0.2) is 9.97 Å². The fourth-order valence-corrected chi connectivity index (χ4v) is 22.8. The molecule has 3 aromatic heterocycles. The summed E-state index contributed by atoms with van der Waals surface area (Å²) < 4.78 is 15.2. The van der Waals surface area contributed by atoms with Gasteiger partial charge in [0.25, 0.3) is 5.79 Å². The van der Waals surface area contributed by atoms with Crippen molar-refractivity contribution in [1.82, 2.24) is 19.9 Å². The van der Waals surface area contributed by atoms with Crippen LogP contribution in [0.2, 0.25) is 0 Å². The number of hydrogen-bond donors (Lipinski definition) is 9. The second-order valence-electron chi connectivity index (χ2n) is 29.1. The maximum atomic E-state index is 15.6. The predicted octanol–water partition coefficient (Wildman–Crippen LogP) is 8.79. The molecule has 5 saturated carbocycles. The summed E-state index contributed by atoms with van der Waals surface area (Å²) in [5.74, 6) is 3.70. The number of hydrogen-bond acceptors (Lipinski definition) is 13.